The van der Waals surface area contributed by atoms with E-state index in [0.717, 1.165) is 22.6 Å². The first-order chi connectivity index (χ1) is 12.6. The van der Waals surface area contributed by atoms with Gasteiger partial charge < -0.3 is 14.6 Å². The predicted octanol–water partition coefficient (Wildman–Crippen LogP) is 3.34. The van der Waals surface area contributed by atoms with Gasteiger partial charge in [-0.1, -0.05) is 12.1 Å². The van der Waals surface area contributed by atoms with Crippen LogP contribution < -0.4 is 5.32 Å². The zero-order chi connectivity index (χ0) is 18.5. The summed E-state index contributed by atoms with van der Waals surface area (Å²) in [5, 5.41) is 2.74. The molecule has 0 saturated heterocycles. The van der Waals surface area contributed by atoms with Crippen LogP contribution >= 0.6 is 0 Å². The number of methoxy groups -OCH3 is 1. The number of amides is 1. The number of imidazole rings is 1. The van der Waals surface area contributed by atoms with Gasteiger partial charge in [-0.15, -0.1) is 0 Å². The lowest BCUT2D eigenvalue weighted by Crippen LogP contribution is -2.06. The molecule has 132 valence electrons. The second-order valence-electron chi connectivity index (χ2n) is 5.83. The summed E-state index contributed by atoms with van der Waals surface area (Å²) in [6.07, 6.45) is 3.63. The standard InChI is InChI=1S/C20H19N3O3/c1-14(24)22-18-8-6-16(7-9-18)19-21-10-11-23(19)13-15-4-3-5-17(12-15)20(25)26-2/h3-12H,13H2,1-2H3,(H,22,24). The number of nitrogens with zero attached hydrogens (tertiary/aromatic N) is 2. The van der Waals surface area contributed by atoms with E-state index in [1.165, 1.54) is 14.0 Å². The number of anilines is 1. The van der Waals surface area contributed by atoms with Gasteiger partial charge in [0, 0.05) is 37.1 Å². The van der Waals surface area contributed by atoms with E-state index in [4.69, 9.17) is 4.74 Å². The number of rotatable bonds is 5. The second kappa shape index (κ2) is 7.65. The Labute approximate surface area is 151 Å². The van der Waals surface area contributed by atoms with Gasteiger partial charge in [0.15, 0.2) is 0 Å². The summed E-state index contributed by atoms with van der Waals surface area (Å²) in [6.45, 7) is 2.05. The van der Waals surface area contributed by atoms with E-state index in [1.54, 1.807) is 12.3 Å². The molecule has 6 nitrogen and oxygen atoms in total. The first-order valence-electron chi connectivity index (χ1n) is 8.13. The molecule has 3 rings (SSSR count). The molecule has 0 aliphatic rings. The van der Waals surface area contributed by atoms with Crippen molar-refractivity contribution < 1.29 is 14.3 Å². The van der Waals surface area contributed by atoms with Gasteiger partial charge in [-0.05, 0) is 42.0 Å². The lowest BCUT2D eigenvalue weighted by atomic mass is 10.1. The molecule has 0 radical (unpaired) electrons. The Balaban J connectivity index is 1.83. The average Bonchev–Trinajstić information content (AvgIpc) is 3.09. The topological polar surface area (TPSA) is 73.2 Å². The average molecular weight is 349 g/mol. The predicted molar refractivity (Wildman–Crippen MR) is 98.9 cm³/mol. The third-order valence-corrected chi connectivity index (χ3v) is 3.88. The number of carbonyl (C=O) groups excluding carboxylic acids is 2. The maximum Gasteiger partial charge on any atom is 0.337 e. The summed E-state index contributed by atoms with van der Waals surface area (Å²) in [5.74, 6) is 0.346. The molecule has 0 aliphatic heterocycles. The third kappa shape index (κ3) is 3.97. The summed E-state index contributed by atoms with van der Waals surface area (Å²) in [7, 11) is 1.37. The highest BCUT2D eigenvalue weighted by atomic mass is 16.5. The Morgan fingerprint density at radius 1 is 1.15 bits per heavy atom. The number of hydrogen-bond acceptors (Lipinski definition) is 4. The van der Waals surface area contributed by atoms with Crippen LogP contribution in [-0.4, -0.2) is 28.5 Å². The van der Waals surface area contributed by atoms with E-state index in [0.29, 0.717) is 12.1 Å². The van der Waals surface area contributed by atoms with Crippen molar-refractivity contribution in [2.75, 3.05) is 12.4 Å². The highest BCUT2D eigenvalue weighted by Gasteiger charge is 2.09. The van der Waals surface area contributed by atoms with Crippen molar-refractivity contribution in [3.8, 4) is 11.4 Å². The molecule has 0 spiro atoms. The zero-order valence-electron chi connectivity index (χ0n) is 14.6. The lowest BCUT2D eigenvalue weighted by Gasteiger charge is -2.10. The van der Waals surface area contributed by atoms with E-state index in [-0.39, 0.29) is 11.9 Å². The van der Waals surface area contributed by atoms with Crippen LogP contribution in [0.5, 0.6) is 0 Å². The fraction of sp³-hybridized carbons (Fsp3) is 0.150. The number of hydrogen-bond donors (Lipinski definition) is 1. The molecule has 3 aromatic rings. The Morgan fingerprint density at radius 2 is 1.92 bits per heavy atom. The van der Waals surface area contributed by atoms with Gasteiger partial charge in [-0.25, -0.2) is 9.78 Å². The smallest absolute Gasteiger partial charge is 0.337 e. The van der Waals surface area contributed by atoms with Crippen LogP contribution in [0, 0.1) is 0 Å². The number of esters is 1. The summed E-state index contributed by atoms with van der Waals surface area (Å²) in [6, 6.07) is 14.8. The molecular weight excluding hydrogens is 330 g/mol. The summed E-state index contributed by atoms with van der Waals surface area (Å²) in [5.41, 5.74) is 3.17. The van der Waals surface area contributed by atoms with Crippen molar-refractivity contribution in [1.29, 1.82) is 0 Å². The first kappa shape index (κ1) is 17.4. The fourth-order valence-corrected chi connectivity index (χ4v) is 2.71. The fourth-order valence-electron chi connectivity index (χ4n) is 2.71. The van der Waals surface area contributed by atoms with Crippen molar-refractivity contribution >= 4 is 17.6 Å². The maximum atomic E-state index is 11.7. The number of nitrogens with one attached hydrogen (secondary N) is 1. The quantitative estimate of drug-likeness (QED) is 0.717. The maximum absolute atomic E-state index is 11.7. The minimum absolute atomic E-state index is 0.107. The van der Waals surface area contributed by atoms with E-state index in [9.17, 15) is 9.59 Å². The highest BCUT2D eigenvalue weighted by Crippen LogP contribution is 2.21. The largest absolute Gasteiger partial charge is 0.465 e. The Kier molecular flexibility index (Phi) is 5.12. The molecule has 1 aromatic heterocycles. The van der Waals surface area contributed by atoms with Crippen molar-refractivity contribution in [2.45, 2.75) is 13.5 Å². The second-order valence-corrected chi connectivity index (χ2v) is 5.83. The molecule has 26 heavy (non-hydrogen) atoms. The molecule has 0 bridgehead atoms. The Bertz CT molecular complexity index is 929. The molecule has 2 aromatic carbocycles. The SMILES string of the molecule is COC(=O)c1cccc(Cn2ccnc2-c2ccc(NC(C)=O)cc2)c1. The van der Waals surface area contributed by atoms with Crippen LogP contribution in [0.15, 0.2) is 60.9 Å². The summed E-state index contributed by atoms with van der Waals surface area (Å²) >= 11 is 0. The monoisotopic (exact) mass is 349 g/mol. The normalized spacial score (nSPS) is 10.4. The Morgan fingerprint density at radius 3 is 2.62 bits per heavy atom. The van der Waals surface area contributed by atoms with Crippen LogP contribution in [0.4, 0.5) is 5.69 Å². The molecule has 6 heteroatoms. The molecule has 1 amide bonds. The minimum Gasteiger partial charge on any atom is -0.465 e. The van der Waals surface area contributed by atoms with Crippen molar-refractivity contribution in [2.24, 2.45) is 0 Å². The number of ether oxygens (including phenoxy) is 1. The molecular formula is C20H19N3O3. The van der Waals surface area contributed by atoms with E-state index in [2.05, 4.69) is 10.3 Å². The molecule has 0 fully saturated rings. The van der Waals surface area contributed by atoms with Crippen molar-refractivity contribution in [3.05, 3.63) is 72.1 Å². The zero-order valence-corrected chi connectivity index (χ0v) is 14.6. The van der Waals surface area contributed by atoms with Crippen molar-refractivity contribution in [1.82, 2.24) is 9.55 Å². The lowest BCUT2D eigenvalue weighted by molar-refractivity contribution is -0.114. The molecule has 1 N–H and O–H groups in total. The molecule has 0 saturated carbocycles. The van der Waals surface area contributed by atoms with E-state index < -0.39 is 0 Å². The first-order valence-corrected chi connectivity index (χ1v) is 8.13. The molecule has 0 aliphatic carbocycles. The van der Waals surface area contributed by atoms with Gasteiger partial charge in [0.05, 0.1) is 12.7 Å². The van der Waals surface area contributed by atoms with Gasteiger partial charge in [0.1, 0.15) is 5.82 Å². The number of carbonyl (C=O) groups is 2. The van der Waals surface area contributed by atoms with E-state index >= 15 is 0 Å². The van der Waals surface area contributed by atoms with Gasteiger partial charge in [0.2, 0.25) is 5.91 Å². The molecule has 0 atom stereocenters. The molecule has 0 unspecified atom stereocenters. The van der Waals surface area contributed by atoms with Crippen molar-refractivity contribution in [3.63, 3.8) is 0 Å². The Hall–Kier alpha value is -3.41. The summed E-state index contributed by atoms with van der Waals surface area (Å²) in [4.78, 5) is 27.2. The van der Waals surface area contributed by atoms with Crippen LogP contribution in [0.25, 0.3) is 11.4 Å². The number of benzene rings is 2. The van der Waals surface area contributed by atoms with Gasteiger partial charge >= 0.3 is 5.97 Å². The van der Waals surface area contributed by atoms with Crippen LogP contribution in [0.2, 0.25) is 0 Å². The van der Waals surface area contributed by atoms with Crippen LogP contribution in [-0.2, 0) is 16.1 Å². The van der Waals surface area contributed by atoms with E-state index in [1.807, 2.05) is 53.2 Å². The van der Waals surface area contributed by atoms with Crippen LogP contribution in [0.3, 0.4) is 0 Å². The van der Waals surface area contributed by atoms with Crippen LogP contribution in [0.1, 0.15) is 22.8 Å². The molecule has 1 heterocycles. The third-order valence-electron chi connectivity index (χ3n) is 3.88. The van der Waals surface area contributed by atoms with Gasteiger partial charge in [0.25, 0.3) is 0 Å². The summed E-state index contributed by atoms with van der Waals surface area (Å²) < 4.78 is 6.77. The van der Waals surface area contributed by atoms with Gasteiger partial charge in [-0.2, -0.15) is 0 Å². The minimum atomic E-state index is -0.355. The van der Waals surface area contributed by atoms with Gasteiger partial charge in [-0.3, -0.25) is 4.79 Å². The number of aromatic nitrogens is 2. The highest BCUT2D eigenvalue weighted by molar-refractivity contribution is 5.89.